The lowest BCUT2D eigenvalue weighted by Gasteiger charge is -2.13. The van der Waals surface area contributed by atoms with Gasteiger partial charge in [0.05, 0.1) is 5.75 Å². The second-order valence-electron chi connectivity index (χ2n) is 6.16. The van der Waals surface area contributed by atoms with E-state index in [9.17, 15) is 4.79 Å². The van der Waals surface area contributed by atoms with Crippen LogP contribution in [0.5, 0.6) is 0 Å². The highest BCUT2D eigenvalue weighted by Crippen LogP contribution is 2.47. The fraction of sp³-hybridized carbons (Fsp3) is 0.688. The summed E-state index contributed by atoms with van der Waals surface area (Å²) in [5.74, 6) is 1.95. The van der Waals surface area contributed by atoms with E-state index in [1.807, 2.05) is 11.8 Å². The molecule has 1 saturated carbocycles. The molecule has 3 rings (SSSR count). The Labute approximate surface area is 140 Å². The number of aryl methyl sites for hydroxylation is 1. The minimum Gasteiger partial charge on any atom is -0.353 e. The zero-order valence-electron chi connectivity index (χ0n) is 13.4. The first kappa shape index (κ1) is 16.1. The number of nitrogens with one attached hydrogen (secondary N) is 1. The molecule has 2 heterocycles. The molecule has 4 nitrogen and oxygen atoms in total. The van der Waals surface area contributed by atoms with E-state index >= 15 is 0 Å². The molecule has 0 aromatic carbocycles. The topological polar surface area (TPSA) is 54.9 Å². The highest BCUT2D eigenvalue weighted by molar-refractivity contribution is 8.01. The Hall–Kier alpha value is -0.750. The molecule has 120 valence electrons. The summed E-state index contributed by atoms with van der Waals surface area (Å²) in [5.41, 5.74) is 1.25. The van der Waals surface area contributed by atoms with Gasteiger partial charge in [-0.1, -0.05) is 32.5 Å². The number of hydrogen-bond donors (Lipinski definition) is 1. The zero-order chi connectivity index (χ0) is 15.7. The lowest BCUT2D eigenvalue weighted by molar-refractivity contribution is -0.118. The normalized spacial score (nSPS) is 23.4. The van der Waals surface area contributed by atoms with Crippen molar-refractivity contribution in [2.45, 2.75) is 73.7 Å². The van der Waals surface area contributed by atoms with E-state index in [1.54, 1.807) is 11.8 Å². The first-order valence-corrected chi connectivity index (χ1v) is 9.94. The van der Waals surface area contributed by atoms with Crippen LogP contribution in [0.3, 0.4) is 0 Å². The number of aromatic nitrogens is 2. The Morgan fingerprint density at radius 3 is 2.82 bits per heavy atom. The molecule has 1 aliphatic heterocycles. The quantitative estimate of drug-likeness (QED) is 0.637. The van der Waals surface area contributed by atoms with Crippen LogP contribution < -0.4 is 5.32 Å². The van der Waals surface area contributed by atoms with Crippen LogP contribution >= 0.6 is 23.5 Å². The largest absolute Gasteiger partial charge is 0.353 e. The van der Waals surface area contributed by atoms with Gasteiger partial charge in [0.1, 0.15) is 15.9 Å². The van der Waals surface area contributed by atoms with Crippen LogP contribution in [0.25, 0.3) is 0 Å². The van der Waals surface area contributed by atoms with Crippen molar-refractivity contribution in [1.82, 2.24) is 15.3 Å². The molecule has 22 heavy (non-hydrogen) atoms. The van der Waals surface area contributed by atoms with Crippen LogP contribution in [0, 0.1) is 0 Å². The molecule has 6 heteroatoms. The van der Waals surface area contributed by atoms with E-state index in [0.717, 1.165) is 41.6 Å². The average Bonchev–Trinajstić information content (AvgIpc) is 3.23. The first-order valence-electron chi connectivity index (χ1n) is 8.08. The first-order chi connectivity index (χ1) is 10.6. The highest BCUT2D eigenvalue weighted by Gasteiger charge is 2.32. The molecule has 1 aromatic rings. The van der Waals surface area contributed by atoms with Crippen molar-refractivity contribution in [3.8, 4) is 0 Å². The van der Waals surface area contributed by atoms with Crippen molar-refractivity contribution in [3.05, 3.63) is 11.4 Å². The second kappa shape index (κ2) is 6.79. The van der Waals surface area contributed by atoms with Gasteiger partial charge >= 0.3 is 0 Å². The average molecular weight is 338 g/mol. The Morgan fingerprint density at radius 1 is 1.36 bits per heavy atom. The van der Waals surface area contributed by atoms with Crippen molar-refractivity contribution in [3.63, 3.8) is 0 Å². The van der Waals surface area contributed by atoms with Crippen molar-refractivity contribution in [2.75, 3.05) is 5.75 Å². The second-order valence-corrected chi connectivity index (χ2v) is 8.49. The van der Waals surface area contributed by atoms with Crippen molar-refractivity contribution in [1.29, 1.82) is 0 Å². The molecule has 2 atom stereocenters. The van der Waals surface area contributed by atoms with Crippen LogP contribution in [-0.4, -0.2) is 32.9 Å². The number of amides is 1. The number of nitrogens with zero attached hydrogens (tertiary/aromatic N) is 2. The van der Waals surface area contributed by atoms with Crippen molar-refractivity contribution in [2.24, 2.45) is 0 Å². The predicted octanol–water partition coefficient (Wildman–Crippen LogP) is 3.40. The maximum absolute atomic E-state index is 11.9. The molecule has 1 aliphatic carbocycles. The van der Waals surface area contributed by atoms with E-state index < -0.39 is 0 Å². The molecule has 0 spiro atoms. The Kier molecular flexibility index (Phi) is 4.97. The van der Waals surface area contributed by atoms with Crippen LogP contribution in [-0.2, 0) is 11.2 Å². The molecule has 2 aliphatic rings. The van der Waals surface area contributed by atoms with Gasteiger partial charge in [-0.3, -0.25) is 4.79 Å². The van der Waals surface area contributed by atoms with Crippen molar-refractivity contribution < 1.29 is 4.79 Å². The van der Waals surface area contributed by atoms with Crippen molar-refractivity contribution >= 4 is 29.4 Å². The van der Waals surface area contributed by atoms with Gasteiger partial charge in [-0.25, -0.2) is 9.97 Å². The summed E-state index contributed by atoms with van der Waals surface area (Å²) in [6.07, 6.45) is 4.20. The summed E-state index contributed by atoms with van der Waals surface area (Å²) in [4.78, 5) is 21.4. The van der Waals surface area contributed by atoms with Gasteiger partial charge in [-0.2, -0.15) is 0 Å². The maximum atomic E-state index is 11.9. The SMILES string of the molecule is CCCc1nc(SCC(=O)NC2CC2)c2c(n1)S[C@H](C)[C@H]2C. The highest BCUT2D eigenvalue weighted by atomic mass is 32.2. The standard InChI is InChI=1S/C16H23N3OS2/c1-4-5-12-18-15(21-8-13(20)17-11-6-7-11)14-9(2)10(3)22-16(14)19-12/h9-11H,4-8H2,1-3H3,(H,17,20)/t9-,10-/m1/s1. The zero-order valence-corrected chi connectivity index (χ0v) is 15.0. The van der Waals surface area contributed by atoms with Crippen LogP contribution in [0.2, 0.25) is 0 Å². The van der Waals surface area contributed by atoms with Crippen LogP contribution in [0.1, 0.15) is 57.3 Å². The fourth-order valence-corrected chi connectivity index (χ4v) is 4.82. The van der Waals surface area contributed by atoms with Gasteiger partial charge in [-0.15, -0.1) is 11.8 Å². The summed E-state index contributed by atoms with van der Waals surface area (Å²) in [6, 6.07) is 0.425. The lowest BCUT2D eigenvalue weighted by atomic mass is 10.0. The molecule has 0 radical (unpaired) electrons. The van der Waals surface area contributed by atoms with Gasteiger partial charge in [0.2, 0.25) is 5.91 Å². The molecule has 0 unspecified atom stereocenters. The van der Waals surface area contributed by atoms with Gasteiger partial charge in [0, 0.05) is 23.3 Å². The summed E-state index contributed by atoms with van der Waals surface area (Å²) in [7, 11) is 0. The maximum Gasteiger partial charge on any atom is 0.230 e. The summed E-state index contributed by atoms with van der Waals surface area (Å²) >= 11 is 3.42. The van der Waals surface area contributed by atoms with E-state index in [1.165, 1.54) is 5.56 Å². The molecule has 1 N–H and O–H groups in total. The Bertz CT molecular complexity index is 575. The molecule has 1 aromatic heterocycles. The summed E-state index contributed by atoms with van der Waals surface area (Å²) in [5, 5.41) is 5.72. The lowest BCUT2D eigenvalue weighted by Crippen LogP contribution is -2.27. The van der Waals surface area contributed by atoms with E-state index in [4.69, 9.17) is 9.97 Å². The molecular formula is C16H23N3OS2. The van der Waals surface area contributed by atoms with Crippen LogP contribution in [0.15, 0.2) is 10.1 Å². The molecule has 1 fully saturated rings. The third kappa shape index (κ3) is 3.59. The van der Waals surface area contributed by atoms with Crippen LogP contribution in [0.4, 0.5) is 0 Å². The molecular weight excluding hydrogens is 314 g/mol. The van der Waals surface area contributed by atoms with E-state index in [-0.39, 0.29) is 5.91 Å². The van der Waals surface area contributed by atoms with E-state index in [2.05, 4.69) is 26.1 Å². The number of rotatable bonds is 6. The number of thioether (sulfide) groups is 2. The monoisotopic (exact) mass is 337 g/mol. The summed E-state index contributed by atoms with van der Waals surface area (Å²) < 4.78 is 0. The smallest absolute Gasteiger partial charge is 0.230 e. The number of carbonyl (C=O) groups excluding carboxylic acids is 1. The van der Waals surface area contributed by atoms with Gasteiger partial charge in [0.25, 0.3) is 0 Å². The fourth-order valence-electron chi connectivity index (χ4n) is 2.54. The minimum absolute atomic E-state index is 0.128. The Balaban J connectivity index is 1.77. The number of carbonyl (C=O) groups is 1. The Morgan fingerprint density at radius 2 is 2.14 bits per heavy atom. The predicted molar refractivity (Wildman–Crippen MR) is 91.6 cm³/mol. The van der Waals surface area contributed by atoms with E-state index in [0.29, 0.717) is 23.0 Å². The third-order valence-corrected chi connectivity index (χ3v) is 6.44. The molecule has 0 bridgehead atoms. The number of hydrogen-bond acceptors (Lipinski definition) is 5. The third-order valence-electron chi connectivity index (χ3n) is 4.14. The minimum atomic E-state index is 0.128. The number of fused-ring (bicyclic) bond motifs is 1. The molecule has 1 amide bonds. The van der Waals surface area contributed by atoms with Gasteiger partial charge in [-0.05, 0) is 25.2 Å². The van der Waals surface area contributed by atoms with Gasteiger partial charge < -0.3 is 5.32 Å². The summed E-state index contributed by atoms with van der Waals surface area (Å²) in [6.45, 7) is 6.62. The van der Waals surface area contributed by atoms with Gasteiger partial charge in [0.15, 0.2) is 0 Å². The molecule has 0 saturated heterocycles.